The summed E-state index contributed by atoms with van der Waals surface area (Å²) < 4.78 is 0. The van der Waals surface area contributed by atoms with E-state index in [1.54, 1.807) is 12.4 Å². The number of rotatable bonds is 5. The van der Waals surface area contributed by atoms with E-state index in [0.29, 0.717) is 15.8 Å². The third kappa shape index (κ3) is 4.24. The molecule has 0 radical (unpaired) electrons. The van der Waals surface area contributed by atoms with Gasteiger partial charge in [-0.05, 0) is 12.8 Å². The van der Waals surface area contributed by atoms with Crippen LogP contribution in [0.1, 0.15) is 19.8 Å². The zero-order valence-corrected chi connectivity index (χ0v) is 10.3. The summed E-state index contributed by atoms with van der Waals surface area (Å²) in [5.41, 5.74) is 0. The molecule has 0 spiro atoms. The van der Waals surface area contributed by atoms with Crippen LogP contribution in [0.15, 0.2) is 12.4 Å². The summed E-state index contributed by atoms with van der Waals surface area (Å²) in [7, 11) is 0. The standard InChI is InChI=1S/C9H13BrClN3/c1-2-7(10)3-4-12-9-13-5-8(11)6-14-9/h5-7H,2-4H2,1H3,(H,12,13,14). The van der Waals surface area contributed by atoms with E-state index in [1.807, 2.05) is 0 Å². The second-order valence-corrected chi connectivity index (χ2v) is 4.68. The first-order valence-corrected chi connectivity index (χ1v) is 5.87. The molecule has 0 aliphatic carbocycles. The van der Waals surface area contributed by atoms with Crippen LogP contribution in [0, 0.1) is 0 Å². The quantitative estimate of drug-likeness (QED) is 0.841. The van der Waals surface area contributed by atoms with E-state index in [-0.39, 0.29) is 0 Å². The zero-order chi connectivity index (χ0) is 10.4. The molecule has 0 bridgehead atoms. The summed E-state index contributed by atoms with van der Waals surface area (Å²) in [5, 5.41) is 3.68. The van der Waals surface area contributed by atoms with Crippen LogP contribution >= 0.6 is 27.5 Å². The Morgan fingerprint density at radius 1 is 1.50 bits per heavy atom. The lowest BCUT2D eigenvalue weighted by atomic mass is 10.2. The molecule has 0 saturated heterocycles. The summed E-state index contributed by atoms with van der Waals surface area (Å²) in [5.74, 6) is 0.630. The Balaban J connectivity index is 2.28. The van der Waals surface area contributed by atoms with E-state index in [9.17, 15) is 0 Å². The third-order valence-electron chi connectivity index (χ3n) is 1.80. The lowest BCUT2D eigenvalue weighted by Gasteiger charge is -2.07. The number of aromatic nitrogens is 2. The highest BCUT2D eigenvalue weighted by atomic mass is 79.9. The molecule has 3 nitrogen and oxygen atoms in total. The maximum Gasteiger partial charge on any atom is 0.222 e. The molecule has 1 atom stereocenters. The molecule has 14 heavy (non-hydrogen) atoms. The zero-order valence-electron chi connectivity index (χ0n) is 8.00. The van der Waals surface area contributed by atoms with Gasteiger partial charge >= 0.3 is 0 Å². The van der Waals surface area contributed by atoms with Crippen molar-refractivity contribution in [2.75, 3.05) is 11.9 Å². The van der Waals surface area contributed by atoms with Crippen molar-refractivity contribution in [3.63, 3.8) is 0 Å². The Bertz CT molecular complexity index is 265. The maximum atomic E-state index is 5.66. The molecule has 1 aromatic rings. The molecule has 1 heterocycles. The van der Waals surface area contributed by atoms with Crippen molar-refractivity contribution < 1.29 is 0 Å². The molecule has 0 aliphatic heterocycles. The van der Waals surface area contributed by atoms with Gasteiger partial charge in [0.1, 0.15) is 0 Å². The van der Waals surface area contributed by atoms with Gasteiger partial charge in [0.2, 0.25) is 5.95 Å². The first-order valence-electron chi connectivity index (χ1n) is 4.58. The summed E-state index contributed by atoms with van der Waals surface area (Å²) in [6.45, 7) is 3.02. The van der Waals surface area contributed by atoms with E-state index in [4.69, 9.17) is 11.6 Å². The summed E-state index contributed by atoms with van der Waals surface area (Å²) in [6.07, 6.45) is 5.36. The molecule has 1 unspecified atom stereocenters. The van der Waals surface area contributed by atoms with Crippen molar-refractivity contribution in [2.45, 2.75) is 24.6 Å². The van der Waals surface area contributed by atoms with Crippen LogP contribution in [0.5, 0.6) is 0 Å². The molecular weight excluding hydrogens is 265 g/mol. The fourth-order valence-corrected chi connectivity index (χ4v) is 1.27. The molecule has 0 amide bonds. The maximum absolute atomic E-state index is 5.66. The highest BCUT2D eigenvalue weighted by Gasteiger charge is 2.00. The second-order valence-electron chi connectivity index (χ2n) is 2.95. The van der Waals surface area contributed by atoms with Gasteiger partial charge in [-0.15, -0.1) is 0 Å². The Morgan fingerprint density at radius 2 is 2.14 bits per heavy atom. The lowest BCUT2D eigenvalue weighted by Crippen LogP contribution is -2.09. The molecule has 5 heteroatoms. The van der Waals surface area contributed by atoms with Crippen LogP contribution < -0.4 is 5.32 Å². The van der Waals surface area contributed by atoms with Crippen LogP contribution in [0.4, 0.5) is 5.95 Å². The van der Waals surface area contributed by atoms with Gasteiger partial charge in [0.15, 0.2) is 0 Å². The molecule has 78 valence electrons. The molecule has 0 aliphatic rings. The summed E-state index contributed by atoms with van der Waals surface area (Å²) in [6, 6.07) is 0. The fourth-order valence-electron chi connectivity index (χ4n) is 0.948. The monoisotopic (exact) mass is 277 g/mol. The van der Waals surface area contributed by atoms with Gasteiger partial charge in [-0.25, -0.2) is 9.97 Å². The van der Waals surface area contributed by atoms with Gasteiger partial charge in [-0.1, -0.05) is 34.5 Å². The van der Waals surface area contributed by atoms with E-state index in [1.165, 1.54) is 0 Å². The van der Waals surface area contributed by atoms with Gasteiger partial charge in [0.05, 0.1) is 17.4 Å². The van der Waals surface area contributed by atoms with Gasteiger partial charge in [-0.3, -0.25) is 0 Å². The minimum absolute atomic E-state index is 0.558. The van der Waals surface area contributed by atoms with Crippen LogP contribution in [-0.2, 0) is 0 Å². The van der Waals surface area contributed by atoms with Crippen molar-refractivity contribution >= 4 is 33.5 Å². The molecule has 1 aromatic heterocycles. The third-order valence-corrected chi connectivity index (χ3v) is 3.10. The predicted octanol–water partition coefficient (Wildman–Crippen LogP) is 3.11. The highest BCUT2D eigenvalue weighted by molar-refractivity contribution is 9.09. The molecular formula is C9H13BrClN3. The Kier molecular flexibility index (Phi) is 5.19. The Labute approximate surface area is 97.4 Å². The first-order chi connectivity index (χ1) is 6.72. The number of hydrogen-bond acceptors (Lipinski definition) is 3. The topological polar surface area (TPSA) is 37.8 Å². The van der Waals surface area contributed by atoms with Crippen LogP contribution in [0.2, 0.25) is 5.02 Å². The number of nitrogens with zero attached hydrogens (tertiary/aromatic N) is 2. The number of halogens is 2. The predicted molar refractivity (Wildman–Crippen MR) is 63.2 cm³/mol. The van der Waals surface area contributed by atoms with Crippen LogP contribution in [0.3, 0.4) is 0 Å². The van der Waals surface area contributed by atoms with Gasteiger partial charge in [-0.2, -0.15) is 0 Å². The SMILES string of the molecule is CCC(Br)CCNc1ncc(Cl)cn1. The first kappa shape index (κ1) is 11.7. The van der Waals surface area contributed by atoms with Gasteiger partial charge < -0.3 is 5.32 Å². The number of anilines is 1. The van der Waals surface area contributed by atoms with E-state index < -0.39 is 0 Å². The largest absolute Gasteiger partial charge is 0.354 e. The molecule has 1 N–H and O–H groups in total. The normalized spacial score (nSPS) is 12.5. The number of hydrogen-bond donors (Lipinski definition) is 1. The van der Waals surface area contributed by atoms with Gasteiger partial charge in [0, 0.05) is 11.4 Å². The van der Waals surface area contributed by atoms with Crippen molar-refractivity contribution in [3.05, 3.63) is 17.4 Å². The summed E-state index contributed by atoms with van der Waals surface area (Å²) in [4.78, 5) is 8.62. The highest BCUT2D eigenvalue weighted by Crippen LogP contribution is 2.10. The lowest BCUT2D eigenvalue weighted by molar-refractivity contribution is 0.770. The molecule has 1 rings (SSSR count). The van der Waals surface area contributed by atoms with Crippen LogP contribution in [0.25, 0.3) is 0 Å². The van der Waals surface area contributed by atoms with Gasteiger partial charge in [0.25, 0.3) is 0 Å². The van der Waals surface area contributed by atoms with E-state index in [0.717, 1.165) is 19.4 Å². The minimum Gasteiger partial charge on any atom is -0.354 e. The van der Waals surface area contributed by atoms with Crippen molar-refractivity contribution in [1.82, 2.24) is 9.97 Å². The average Bonchev–Trinajstić information content (AvgIpc) is 2.21. The fraction of sp³-hybridized carbons (Fsp3) is 0.556. The smallest absolute Gasteiger partial charge is 0.222 e. The second kappa shape index (κ2) is 6.19. The molecule has 0 saturated carbocycles. The van der Waals surface area contributed by atoms with E-state index >= 15 is 0 Å². The van der Waals surface area contributed by atoms with E-state index in [2.05, 4.69) is 38.1 Å². The average molecular weight is 279 g/mol. The minimum atomic E-state index is 0.558. The van der Waals surface area contributed by atoms with Crippen molar-refractivity contribution in [2.24, 2.45) is 0 Å². The van der Waals surface area contributed by atoms with Crippen molar-refractivity contribution in [3.8, 4) is 0 Å². The summed E-state index contributed by atoms with van der Waals surface area (Å²) >= 11 is 9.22. The number of alkyl halides is 1. The molecule has 0 aromatic carbocycles. The Hall–Kier alpha value is -0.350. The van der Waals surface area contributed by atoms with Crippen LogP contribution in [-0.4, -0.2) is 21.3 Å². The molecule has 0 fully saturated rings. The number of nitrogens with one attached hydrogen (secondary N) is 1. The van der Waals surface area contributed by atoms with Crippen molar-refractivity contribution in [1.29, 1.82) is 0 Å². The Morgan fingerprint density at radius 3 is 2.71 bits per heavy atom.